The zero-order chi connectivity index (χ0) is 57.8. The van der Waals surface area contributed by atoms with E-state index in [9.17, 15) is 0 Å². The molecule has 0 amide bonds. The first-order chi connectivity index (χ1) is 43.6. The predicted octanol–water partition coefficient (Wildman–Crippen LogP) is 20.6. The smallest absolute Gasteiger partial charge is 0.164 e. The Morgan fingerprint density at radius 3 is 1.00 bits per heavy atom. The Labute approximate surface area is 506 Å². The molecule has 410 valence electrons. The quantitative estimate of drug-likeness (QED) is 0.145. The topological polar surface area (TPSA) is 58.4 Å². The van der Waals surface area contributed by atoms with Gasteiger partial charge in [-0.05, 0) is 119 Å². The summed E-state index contributed by atoms with van der Waals surface area (Å²) in [5.41, 5.74) is 20.8. The van der Waals surface area contributed by atoms with E-state index in [-0.39, 0.29) is 0 Å². The first-order valence-electron chi connectivity index (χ1n) is 29.9. The fraction of sp³-hybridized carbons (Fsp3) is 0. The average Bonchev–Trinajstić information content (AvgIpc) is 1.93. The van der Waals surface area contributed by atoms with Crippen molar-refractivity contribution in [3.8, 4) is 79.2 Å². The largest absolute Gasteiger partial charge is 0.309 e. The number of nitrogens with zero attached hydrogens (tertiary/aromatic N) is 7. The van der Waals surface area contributed by atoms with Crippen molar-refractivity contribution in [3.63, 3.8) is 0 Å². The highest BCUT2D eigenvalue weighted by molar-refractivity contribution is 6.14. The van der Waals surface area contributed by atoms with Gasteiger partial charge in [0.15, 0.2) is 17.5 Å². The van der Waals surface area contributed by atoms with Crippen LogP contribution >= 0.6 is 0 Å². The van der Waals surface area contributed by atoms with Crippen molar-refractivity contribution in [1.82, 2.24) is 33.2 Å². The Kier molecular flexibility index (Phi) is 11.2. The van der Waals surface area contributed by atoms with Crippen LogP contribution in [0.3, 0.4) is 0 Å². The van der Waals surface area contributed by atoms with E-state index in [1.165, 1.54) is 65.3 Å². The van der Waals surface area contributed by atoms with Gasteiger partial charge >= 0.3 is 0 Å². The van der Waals surface area contributed by atoms with Crippen LogP contribution in [0, 0.1) is 0 Å². The third-order valence-electron chi connectivity index (χ3n) is 17.8. The van der Waals surface area contributed by atoms with Crippen LogP contribution in [0.5, 0.6) is 0 Å². The maximum atomic E-state index is 5.26. The maximum Gasteiger partial charge on any atom is 0.164 e. The molecule has 5 heterocycles. The first kappa shape index (κ1) is 49.5. The summed E-state index contributed by atoms with van der Waals surface area (Å²) in [6.45, 7) is 0. The molecule has 0 aliphatic heterocycles. The summed E-state index contributed by atoms with van der Waals surface area (Å²) in [5.74, 6) is 1.82. The van der Waals surface area contributed by atoms with Gasteiger partial charge in [-0.15, -0.1) is 0 Å². The summed E-state index contributed by atoms with van der Waals surface area (Å²) < 4.78 is 9.64. The van der Waals surface area contributed by atoms with E-state index in [0.717, 1.165) is 83.7 Å². The lowest BCUT2D eigenvalue weighted by Crippen LogP contribution is -2.04. The van der Waals surface area contributed by atoms with Gasteiger partial charge in [0.1, 0.15) is 0 Å². The van der Waals surface area contributed by atoms with Crippen LogP contribution in [0.15, 0.2) is 309 Å². The highest BCUT2D eigenvalue weighted by Crippen LogP contribution is 2.43. The first-order valence-corrected chi connectivity index (χ1v) is 29.9. The molecule has 0 spiro atoms. The number of aromatic nitrogens is 7. The maximum absolute atomic E-state index is 5.26. The molecule has 0 radical (unpaired) electrons. The summed E-state index contributed by atoms with van der Waals surface area (Å²) >= 11 is 0. The van der Waals surface area contributed by atoms with Gasteiger partial charge < -0.3 is 18.3 Å². The molecular formula is C81H51N7. The molecule has 18 aromatic rings. The molecular weight excluding hydrogens is 1070 g/mol. The van der Waals surface area contributed by atoms with E-state index in [4.69, 9.17) is 15.0 Å². The third kappa shape index (κ3) is 7.81. The lowest BCUT2D eigenvalue weighted by Gasteiger charge is -2.18. The Bertz CT molecular complexity index is 5700. The zero-order valence-electron chi connectivity index (χ0n) is 47.6. The summed E-state index contributed by atoms with van der Waals surface area (Å²) in [6, 6.07) is 111. The highest BCUT2D eigenvalue weighted by Gasteiger charge is 2.23. The van der Waals surface area contributed by atoms with Crippen molar-refractivity contribution in [1.29, 1.82) is 0 Å². The van der Waals surface area contributed by atoms with Gasteiger partial charge in [-0.1, -0.05) is 212 Å². The van der Waals surface area contributed by atoms with E-state index in [1.54, 1.807) is 0 Å². The fourth-order valence-corrected chi connectivity index (χ4v) is 13.8. The van der Waals surface area contributed by atoms with Crippen molar-refractivity contribution in [2.24, 2.45) is 0 Å². The SMILES string of the molecule is c1ccc(-c2nc(-c3ccc(-c4ccc(-n5c6ccccc6c6cc(-c7ccc8c(c7)c7ccccc7n8-c7ccccc7)ccc65)c(-n5c6ccccc6c6ccccc65)c4)cc3)nc(-c3cccc(-n4c5ccccc5c5ccccc54)c3)n2)cc1. The molecule has 7 nitrogen and oxygen atoms in total. The van der Waals surface area contributed by atoms with Crippen LogP contribution in [-0.2, 0) is 0 Å². The summed E-state index contributed by atoms with van der Waals surface area (Å²) in [5, 5.41) is 9.71. The Morgan fingerprint density at radius 1 is 0.170 bits per heavy atom. The molecule has 0 aliphatic carbocycles. The van der Waals surface area contributed by atoms with E-state index in [1.807, 2.05) is 18.2 Å². The van der Waals surface area contributed by atoms with E-state index in [2.05, 4.69) is 309 Å². The summed E-state index contributed by atoms with van der Waals surface area (Å²) in [4.78, 5) is 15.6. The second kappa shape index (κ2) is 19.8. The van der Waals surface area contributed by atoms with E-state index >= 15 is 0 Å². The molecule has 0 N–H and O–H groups in total. The molecule has 0 saturated heterocycles. The van der Waals surface area contributed by atoms with Gasteiger partial charge in [0.2, 0.25) is 0 Å². The van der Waals surface area contributed by atoms with Crippen LogP contribution in [0.2, 0.25) is 0 Å². The molecule has 0 atom stereocenters. The molecule has 88 heavy (non-hydrogen) atoms. The summed E-state index contributed by atoms with van der Waals surface area (Å²) in [7, 11) is 0. The minimum Gasteiger partial charge on any atom is -0.309 e. The molecule has 13 aromatic carbocycles. The lowest BCUT2D eigenvalue weighted by atomic mass is 10.0. The molecule has 5 aromatic heterocycles. The Balaban J connectivity index is 0.770. The van der Waals surface area contributed by atoms with E-state index < -0.39 is 0 Å². The van der Waals surface area contributed by atoms with E-state index in [0.29, 0.717) is 17.5 Å². The van der Waals surface area contributed by atoms with Gasteiger partial charge in [0.25, 0.3) is 0 Å². The van der Waals surface area contributed by atoms with Crippen molar-refractivity contribution in [2.75, 3.05) is 0 Å². The minimum absolute atomic E-state index is 0.602. The normalized spacial score (nSPS) is 11.9. The minimum atomic E-state index is 0.602. The Hall–Kier alpha value is -11.9. The van der Waals surface area contributed by atoms with Crippen molar-refractivity contribution in [3.05, 3.63) is 309 Å². The number of hydrogen-bond donors (Lipinski definition) is 0. The molecule has 0 unspecified atom stereocenters. The number of hydrogen-bond acceptors (Lipinski definition) is 3. The number of para-hydroxylation sites is 7. The second-order valence-corrected chi connectivity index (χ2v) is 22.7. The lowest BCUT2D eigenvalue weighted by molar-refractivity contribution is 1.07. The number of rotatable bonds is 9. The zero-order valence-corrected chi connectivity index (χ0v) is 47.6. The Morgan fingerprint density at radius 2 is 0.489 bits per heavy atom. The molecule has 0 fully saturated rings. The van der Waals surface area contributed by atoms with Crippen molar-refractivity contribution in [2.45, 2.75) is 0 Å². The fourth-order valence-electron chi connectivity index (χ4n) is 13.8. The van der Waals surface area contributed by atoms with Crippen LogP contribution in [0.1, 0.15) is 0 Å². The van der Waals surface area contributed by atoms with Crippen LogP contribution in [0.4, 0.5) is 0 Å². The summed E-state index contributed by atoms with van der Waals surface area (Å²) in [6.07, 6.45) is 0. The van der Waals surface area contributed by atoms with Crippen LogP contribution < -0.4 is 0 Å². The third-order valence-corrected chi connectivity index (χ3v) is 17.8. The van der Waals surface area contributed by atoms with Gasteiger partial charge in [-0.3, -0.25) is 0 Å². The molecule has 0 aliphatic rings. The van der Waals surface area contributed by atoms with Crippen LogP contribution in [0.25, 0.3) is 166 Å². The van der Waals surface area contributed by atoms with Crippen molar-refractivity contribution < 1.29 is 0 Å². The molecule has 7 heteroatoms. The second-order valence-electron chi connectivity index (χ2n) is 22.7. The monoisotopic (exact) mass is 1120 g/mol. The van der Waals surface area contributed by atoms with Gasteiger partial charge in [0, 0.05) is 71.2 Å². The van der Waals surface area contributed by atoms with Gasteiger partial charge in [-0.2, -0.15) is 0 Å². The highest BCUT2D eigenvalue weighted by atomic mass is 15.1. The van der Waals surface area contributed by atoms with Crippen molar-refractivity contribution >= 4 is 87.2 Å². The number of benzene rings is 13. The predicted molar refractivity (Wildman–Crippen MR) is 364 cm³/mol. The van der Waals surface area contributed by atoms with Gasteiger partial charge in [0.05, 0.1) is 55.5 Å². The standard InChI is InChI=1S/C81H51N7/c1-3-20-53(21-4-1)79-82-80(84-81(83-79)58-22-19-25-60(48-58)86-69-32-13-7-26-61(69)62-27-8-14-33-70(62)86)54-40-38-52(39-41-54)57-44-47-77(78(51-57)88-72-35-16-9-28-63(72)64-29-10-17-36-73(64)88)87-74-37-18-12-31-66(74)68-50-56(43-46-76(68)87)55-42-45-75-67(49-55)65-30-11-15-34-71(65)85(75)59-23-5-2-6-24-59/h1-51H. The number of fused-ring (bicyclic) bond motifs is 12. The molecule has 0 bridgehead atoms. The molecule has 18 rings (SSSR count). The average molecular weight is 1120 g/mol. The van der Waals surface area contributed by atoms with Crippen LogP contribution in [-0.4, -0.2) is 33.2 Å². The van der Waals surface area contributed by atoms with Gasteiger partial charge in [-0.25, -0.2) is 15.0 Å². The molecule has 0 saturated carbocycles.